The van der Waals surface area contributed by atoms with Crippen molar-refractivity contribution in [3.8, 4) is 0 Å². The van der Waals surface area contributed by atoms with Gasteiger partial charge in [-0.1, -0.05) is 41.9 Å². The second-order valence-electron chi connectivity index (χ2n) is 6.95. The first-order valence-corrected chi connectivity index (χ1v) is 11.7. The lowest BCUT2D eigenvalue weighted by molar-refractivity contribution is -0.139. The van der Waals surface area contributed by atoms with Crippen LogP contribution in [0.4, 0.5) is 0 Å². The van der Waals surface area contributed by atoms with Crippen LogP contribution in [0.2, 0.25) is 5.02 Å². The first kappa shape index (κ1) is 23.2. The van der Waals surface area contributed by atoms with Crippen molar-refractivity contribution >= 4 is 33.4 Å². The van der Waals surface area contributed by atoms with Gasteiger partial charge in [0.25, 0.3) is 0 Å². The van der Waals surface area contributed by atoms with E-state index in [0.717, 1.165) is 16.3 Å². The molecule has 1 unspecified atom stereocenters. The Labute approximate surface area is 186 Å². The molecule has 1 saturated heterocycles. The van der Waals surface area contributed by atoms with E-state index < -0.39 is 28.1 Å². The van der Waals surface area contributed by atoms with E-state index in [4.69, 9.17) is 16.3 Å². The van der Waals surface area contributed by atoms with E-state index in [1.165, 1.54) is 24.3 Å². The van der Waals surface area contributed by atoms with Crippen molar-refractivity contribution in [3.05, 3.63) is 65.2 Å². The first-order valence-electron chi connectivity index (χ1n) is 9.87. The van der Waals surface area contributed by atoms with Crippen LogP contribution in [0, 0.1) is 0 Å². The van der Waals surface area contributed by atoms with Crippen LogP contribution in [0.5, 0.6) is 0 Å². The van der Waals surface area contributed by atoms with Gasteiger partial charge in [-0.3, -0.25) is 9.59 Å². The number of benzene rings is 2. The molecular formula is C21H24ClN3O5S. The fourth-order valence-electron chi connectivity index (χ4n) is 3.16. The fourth-order valence-corrected chi connectivity index (χ4v) is 4.80. The molecule has 1 fully saturated rings. The molecule has 1 heterocycles. The zero-order valence-electron chi connectivity index (χ0n) is 16.8. The summed E-state index contributed by atoms with van der Waals surface area (Å²) in [5.41, 5.74) is 1.15. The molecule has 166 valence electrons. The molecule has 2 aromatic rings. The summed E-state index contributed by atoms with van der Waals surface area (Å²) in [5, 5.41) is 5.43. The van der Waals surface area contributed by atoms with Crippen molar-refractivity contribution in [2.24, 2.45) is 0 Å². The zero-order valence-corrected chi connectivity index (χ0v) is 18.4. The highest BCUT2D eigenvalue weighted by Crippen LogP contribution is 2.23. The highest BCUT2D eigenvalue weighted by Gasteiger charge is 2.36. The summed E-state index contributed by atoms with van der Waals surface area (Å²) in [4.78, 5) is 24.1. The summed E-state index contributed by atoms with van der Waals surface area (Å²) < 4.78 is 32.3. The molecule has 1 atom stereocenters. The number of carbonyl (C=O) groups excluding carboxylic acids is 2. The van der Waals surface area contributed by atoms with Gasteiger partial charge < -0.3 is 15.4 Å². The predicted molar refractivity (Wildman–Crippen MR) is 116 cm³/mol. The van der Waals surface area contributed by atoms with Crippen LogP contribution in [0.3, 0.4) is 0 Å². The molecular weight excluding hydrogens is 442 g/mol. The lowest BCUT2D eigenvalue weighted by Gasteiger charge is -2.22. The van der Waals surface area contributed by atoms with Crippen molar-refractivity contribution in [1.82, 2.24) is 14.9 Å². The third-order valence-corrected chi connectivity index (χ3v) is 6.93. The average Bonchev–Trinajstić information content (AvgIpc) is 3.25. The van der Waals surface area contributed by atoms with Crippen LogP contribution in [-0.4, -0.2) is 57.0 Å². The van der Waals surface area contributed by atoms with Crippen molar-refractivity contribution in [3.63, 3.8) is 0 Å². The number of sulfonamides is 1. The normalized spacial score (nSPS) is 16.7. The Morgan fingerprint density at radius 1 is 1.03 bits per heavy atom. The molecule has 1 aliphatic rings. The number of aryl methyl sites for hydroxylation is 1. The lowest BCUT2D eigenvalue weighted by atomic mass is 10.1. The maximum Gasteiger partial charge on any atom is 0.309 e. The van der Waals surface area contributed by atoms with Gasteiger partial charge in [-0.2, -0.15) is 4.31 Å². The quantitative estimate of drug-likeness (QED) is 0.454. The van der Waals surface area contributed by atoms with Crippen molar-refractivity contribution in [2.75, 3.05) is 26.2 Å². The maximum atomic E-state index is 12.8. The molecule has 0 aliphatic carbocycles. The first-order chi connectivity index (χ1) is 14.9. The van der Waals surface area contributed by atoms with Gasteiger partial charge >= 0.3 is 11.8 Å². The number of amides is 2. The Hall–Kier alpha value is -2.46. The van der Waals surface area contributed by atoms with Gasteiger partial charge in [0.1, 0.15) is 6.23 Å². The monoisotopic (exact) mass is 465 g/mol. The van der Waals surface area contributed by atoms with Crippen LogP contribution >= 0.6 is 11.6 Å². The van der Waals surface area contributed by atoms with E-state index in [1.807, 2.05) is 30.3 Å². The number of ether oxygens (including phenoxy) is 1. The van der Waals surface area contributed by atoms with E-state index >= 15 is 0 Å². The third-order valence-electron chi connectivity index (χ3n) is 4.78. The van der Waals surface area contributed by atoms with Gasteiger partial charge in [-0.15, -0.1) is 0 Å². The van der Waals surface area contributed by atoms with Gasteiger partial charge in [0.15, 0.2) is 0 Å². The summed E-state index contributed by atoms with van der Waals surface area (Å²) in [6.07, 6.45) is 0.591. The number of carbonyl (C=O) groups is 2. The SMILES string of the molecule is O=C(NCCCc1ccccc1)C(=O)NCC1OCCN1S(=O)(=O)c1ccc(Cl)cc1. The number of nitrogens with one attached hydrogen (secondary N) is 2. The van der Waals surface area contributed by atoms with E-state index in [1.54, 1.807) is 0 Å². The zero-order chi connectivity index (χ0) is 22.3. The minimum atomic E-state index is -3.82. The molecule has 0 saturated carbocycles. The summed E-state index contributed by atoms with van der Waals surface area (Å²) in [6.45, 7) is 0.567. The molecule has 0 aromatic heterocycles. The molecule has 31 heavy (non-hydrogen) atoms. The highest BCUT2D eigenvalue weighted by atomic mass is 35.5. The second kappa shape index (κ2) is 10.7. The molecule has 2 aromatic carbocycles. The van der Waals surface area contributed by atoms with E-state index in [2.05, 4.69) is 10.6 Å². The topological polar surface area (TPSA) is 105 Å². The fraction of sp³-hybridized carbons (Fsp3) is 0.333. The van der Waals surface area contributed by atoms with Gasteiger partial charge in [-0.25, -0.2) is 8.42 Å². The minimum absolute atomic E-state index is 0.0786. The molecule has 0 bridgehead atoms. The van der Waals surface area contributed by atoms with Crippen molar-refractivity contribution in [1.29, 1.82) is 0 Å². The summed E-state index contributed by atoms with van der Waals surface area (Å²) in [5.74, 6) is -1.60. The van der Waals surface area contributed by atoms with Crippen LogP contribution in [0.15, 0.2) is 59.5 Å². The molecule has 8 nitrogen and oxygen atoms in total. The predicted octanol–water partition coefficient (Wildman–Crippen LogP) is 1.55. The lowest BCUT2D eigenvalue weighted by Crippen LogP contribution is -2.47. The Morgan fingerprint density at radius 3 is 2.42 bits per heavy atom. The number of hydrogen-bond donors (Lipinski definition) is 2. The smallest absolute Gasteiger partial charge is 0.309 e. The highest BCUT2D eigenvalue weighted by molar-refractivity contribution is 7.89. The Balaban J connectivity index is 1.46. The van der Waals surface area contributed by atoms with Crippen LogP contribution in [0.1, 0.15) is 12.0 Å². The minimum Gasteiger partial charge on any atom is -0.359 e. The van der Waals surface area contributed by atoms with E-state index in [-0.39, 0.29) is 24.6 Å². The van der Waals surface area contributed by atoms with Crippen molar-refractivity contribution < 1.29 is 22.7 Å². The molecule has 10 heteroatoms. The summed E-state index contributed by atoms with van der Waals surface area (Å²) >= 11 is 5.82. The molecule has 0 radical (unpaired) electrons. The standard InChI is InChI=1S/C21H24ClN3O5S/c22-17-8-10-18(11-9-17)31(28,29)25-13-14-30-19(25)15-24-21(27)20(26)23-12-4-7-16-5-2-1-3-6-16/h1-3,5-6,8-11,19H,4,7,12-15H2,(H,23,26)(H,24,27). The van der Waals surface area contributed by atoms with Crippen molar-refractivity contribution in [2.45, 2.75) is 24.0 Å². The van der Waals surface area contributed by atoms with Gasteiger partial charge in [0, 0.05) is 18.1 Å². The molecule has 3 rings (SSSR count). The third kappa shape index (κ3) is 6.27. The summed E-state index contributed by atoms with van der Waals surface area (Å²) in [7, 11) is -3.82. The van der Waals surface area contributed by atoms with Crippen LogP contribution in [0.25, 0.3) is 0 Å². The Kier molecular flexibility index (Phi) is 8.03. The van der Waals surface area contributed by atoms with E-state index in [9.17, 15) is 18.0 Å². The van der Waals surface area contributed by atoms with Crippen LogP contribution < -0.4 is 10.6 Å². The maximum absolute atomic E-state index is 12.8. The average molecular weight is 466 g/mol. The Bertz CT molecular complexity index is 999. The molecule has 0 spiro atoms. The summed E-state index contributed by atoms with van der Waals surface area (Å²) in [6, 6.07) is 15.6. The van der Waals surface area contributed by atoms with Gasteiger partial charge in [0.2, 0.25) is 10.0 Å². The largest absolute Gasteiger partial charge is 0.359 e. The molecule has 1 aliphatic heterocycles. The number of nitrogens with zero attached hydrogens (tertiary/aromatic N) is 1. The molecule has 2 amide bonds. The number of rotatable bonds is 8. The number of halogens is 1. The van der Waals surface area contributed by atoms with Gasteiger partial charge in [-0.05, 0) is 42.7 Å². The van der Waals surface area contributed by atoms with E-state index in [0.29, 0.717) is 18.0 Å². The number of hydrogen-bond acceptors (Lipinski definition) is 5. The second-order valence-corrected chi connectivity index (χ2v) is 9.28. The van der Waals surface area contributed by atoms with Gasteiger partial charge in [0.05, 0.1) is 18.0 Å². The van der Waals surface area contributed by atoms with Crippen LogP contribution in [-0.2, 0) is 30.8 Å². The molecule has 2 N–H and O–H groups in total. The Morgan fingerprint density at radius 2 is 1.71 bits per heavy atom.